The molecular weight excluding hydrogens is 390 g/mol. The quantitative estimate of drug-likeness (QED) is 0.338. The van der Waals surface area contributed by atoms with Gasteiger partial charge in [0.15, 0.2) is 11.6 Å². The lowest BCUT2D eigenvalue weighted by Crippen LogP contribution is -2.15. The molecule has 3 rings (SSSR count). The van der Waals surface area contributed by atoms with Crippen LogP contribution in [0.1, 0.15) is 95.7 Å². The topological polar surface area (TPSA) is 25.8 Å². The molecule has 31 heavy (non-hydrogen) atoms. The Hall–Kier alpha value is -1.84. The minimum atomic E-state index is -0.797. The minimum Gasteiger partial charge on any atom is -0.203 e. The van der Waals surface area contributed by atoms with Gasteiger partial charge < -0.3 is 0 Å². The van der Waals surface area contributed by atoms with Crippen LogP contribution in [-0.2, 0) is 12.8 Å². The summed E-state index contributed by atoms with van der Waals surface area (Å²) in [7, 11) is 0. The number of rotatable bonds is 11. The third-order valence-corrected chi connectivity index (χ3v) is 6.95. The highest BCUT2D eigenvalue weighted by molar-refractivity contribution is 5.60. The van der Waals surface area contributed by atoms with Crippen molar-refractivity contribution in [1.82, 2.24) is 10.2 Å². The lowest BCUT2D eigenvalue weighted by atomic mass is 9.78. The van der Waals surface area contributed by atoms with Crippen molar-refractivity contribution in [3.05, 3.63) is 47.2 Å². The van der Waals surface area contributed by atoms with Gasteiger partial charge in [0, 0.05) is 5.56 Å². The van der Waals surface area contributed by atoms with Crippen molar-refractivity contribution in [1.29, 1.82) is 0 Å². The van der Waals surface area contributed by atoms with Crippen molar-refractivity contribution in [3.8, 4) is 11.3 Å². The van der Waals surface area contributed by atoms with E-state index in [-0.39, 0.29) is 5.56 Å². The highest BCUT2D eigenvalue weighted by Crippen LogP contribution is 2.35. The molecule has 0 aliphatic heterocycles. The Kier molecular flexibility index (Phi) is 9.42. The summed E-state index contributed by atoms with van der Waals surface area (Å²) in [5.74, 6) is 0.00620. The molecule has 1 heterocycles. The summed E-state index contributed by atoms with van der Waals surface area (Å²) in [6.45, 7) is 4.41. The first kappa shape index (κ1) is 23.8. The molecule has 0 N–H and O–H groups in total. The number of benzene rings is 1. The fourth-order valence-electron chi connectivity index (χ4n) is 4.83. The summed E-state index contributed by atoms with van der Waals surface area (Å²) in [5.41, 5.74) is 1.98. The van der Waals surface area contributed by atoms with Gasteiger partial charge in [0.25, 0.3) is 0 Å². The molecule has 0 atom stereocenters. The Morgan fingerprint density at radius 3 is 2.10 bits per heavy atom. The van der Waals surface area contributed by atoms with E-state index in [4.69, 9.17) is 0 Å². The van der Waals surface area contributed by atoms with Crippen molar-refractivity contribution < 1.29 is 8.78 Å². The first-order valence-electron chi connectivity index (χ1n) is 12.4. The van der Waals surface area contributed by atoms with Crippen LogP contribution in [0.15, 0.2) is 24.3 Å². The van der Waals surface area contributed by atoms with Gasteiger partial charge in [0.2, 0.25) is 0 Å². The second-order valence-corrected chi connectivity index (χ2v) is 9.33. The zero-order chi connectivity index (χ0) is 22.1. The van der Waals surface area contributed by atoms with Crippen LogP contribution in [0, 0.1) is 23.5 Å². The zero-order valence-corrected chi connectivity index (χ0v) is 19.3. The Morgan fingerprint density at radius 1 is 0.742 bits per heavy atom. The molecule has 0 unspecified atom stereocenters. The van der Waals surface area contributed by atoms with Crippen molar-refractivity contribution in [2.75, 3.05) is 0 Å². The molecule has 0 spiro atoms. The maximum absolute atomic E-state index is 14.8. The predicted octanol–water partition coefficient (Wildman–Crippen LogP) is 8.08. The molecule has 0 bridgehead atoms. The Balaban J connectivity index is 1.56. The Labute approximate surface area is 186 Å². The van der Waals surface area contributed by atoms with Gasteiger partial charge in [-0.3, -0.25) is 0 Å². The number of hydrogen-bond donors (Lipinski definition) is 0. The number of aryl methyl sites for hydroxylation is 2. The standard InChI is InChI=1S/C27H38F2N2/c1-3-5-7-9-23-17-19-25(31-30-23)24-18-16-22(26(28)27(24)29)15-14-21-12-10-20(11-13-21)8-6-4-2/h16-21H,3-15H2,1-2H3/t20-,21-. The largest absolute Gasteiger partial charge is 0.203 e. The molecule has 0 radical (unpaired) electrons. The second kappa shape index (κ2) is 12.3. The average Bonchev–Trinajstić information content (AvgIpc) is 2.80. The van der Waals surface area contributed by atoms with E-state index in [1.165, 1.54) is 44.9 Å². The maximum atomic E-state index is 14.8. The summed E-state index contributed by atoms with van der Waals surface area (Å²) in [6.07, 6.45) is 14.8. The first-order valence-corrected chi connectivity index (χ1v) is 12.4. The summed E-state index contributed by atoms with van der Waals surface area (Å²) in [5, 5.41) is 8.35. The molecule has 1 aliphatic rings. The fraction of sp³-hybridized carbons (Fsp3) is 0.630. The van der Waals surface area contributed by atoms with E-state index in [1.54, 1.807) is 18.2 Å². The SMILES string of the molecule is CCCCCc1ccc(-c2ccc(CC[C@H]3CC[C@H](CCCC)CC3)c(F)c2F)nn1. The van der Waals surface area contributed by atoms with Crippen molar-refractivity contribution in [2.24, 2.45) is 11.8 Å². The van der Waals surface area contributed by atoms with Gasteiger partial charge in [-0.15, -0.1) is 0 Å². The van der Waals surface area contributed by atoms with Crippen molar-refractivity contribution in [2.45, 2.75) is 97.3 Å². The summed E-state index contributed by atoms with van der Waals surface area (Å²) in [4.78, 5) is 0. The molecule has 2 aromatic rings. The molecular formula is C27H38F2N2. The van der Waals surface area contributed by atoms with Crippen molar-refractivity contribution >= 4 is 0 Å². The molecule has 1 aliphatic carbocycles. The van der Waals surface area contributed by atoms with Gasteiger partial charge in [-0.2, -0.15) is 10.2 Å². The number of unbranched alkanes of at least 4 members (excludes halogenated alkanes) is 3. The van der Waals surface area contributed by atoms with Crippen LogP contribution in [0.3, 0.4) is 0 Å². The van der Waals surface area contributed by atoms with Crippen LogP contribution < -0.4 is 0 Å². The lowest BCUT2D eigenvalue weighted by molar-refractivity contribution is 0.249. The van der Waals surface area contributed by atoms with E-state index in [9.17, 15) is 8.78 Å². The van der Waals surface area contributed by atoms with E-state index in [0.717, 1.165) is 43.7 Å². The van der Waals surface area contributed by atoms with Gasteiger partial charge in [0.05, 0.1) is 11.4 Å². The van der Waals surface area contributed by atoms with Gasteiger partial charge in [-0.25, -0.2) is 8.78 Å². The summed E-state index contributed by atoms with van der Waals surface area (Å²) < 4.78 is 29.6. The van der Waals surface area contributed by atoms with Crippen LogP contribution in [0.5, 0.6) is 0 Å². The van der Waals surface area contributed by atoms with Crippen LogP contribution in [-0.4, -0.2) is 10.2 Å². The van der Waals surface area contributed by atoms with Crippen LogP contribution >= 0.6 is 0 Å². The van der Waals surface area contributed by atoms with Gasteiger partial charge in [-0.1, -0.05) is 77.7 Å². The molecule has 2 nitrogen and oxygen atoms in total. The van der Waals surface area contributed by atoms with E-state index in [0.29, 0.717) is 23.6 Å². The number of aromatic nitrogens is 2. The van der Waals surface area contributed by atoms with E-state index < -0.39 is 11.6 Å². The van der Waals surface area contributed by atoms with E-state index in [1.807, 2.05) is 6.07 Å². The van der Waals surface area contributed by atoms with Gasteiger partial charge in [-0.05, 0) is 61.3 Å². The van der Waals surface area contributed by atoms with Gasteiger partial charge >= 0.3 is 0 Å². The Morgan fingerprint density at radius 2 is 1.45 bits per heavy atom. The molecule has 1 fully saturated rings. The van der Waals surface area contributed by atoms with Crippen molar-refractivity contribution in [3.63, 3.8) is 0 Å². The molecule has 1 aromatic heterocycles. The first-order chi connectivity index (χ1) is 15.1. The third-order valence-electron chi connectivity index (χ3n) is 6.95. The Bertz CT molecular complexity index is 796. The molecule has 0 saturated heterocycles. The number of hydrogen-bond acceptors (Lipinski definition) is 2. The monoisotopic (exact) mass is 428 g/mol. The molecule has 170 valence electrons. The molecule has 4 heteroatoms. The summed E-state index contributed by atoms with van der Waals surface area (Å²) >= 11 is 0. The average molecular weight is 429 g/mol. The third kappa shape index (κ3) is 6.82. The maximum Gasteiger partial charge on any atom is 0.168 e. The summed E-state index contributed by atoms with van der Waals surface area (Å²) in [6, 6.07) is 7.02. The van der Waals surface area contributed by atoms with E-state index >= 15 is 0 Å². The smallest absolute Gasteiger partial charge is 0.168 e. The van der Waals surface area contributed by atoms with Crippen LogP contribution in [0.4, 0.5) is 8.78 Å². The minimum absolute atomic E-state index is 0.199. The highest BCUT2D eigenvalue weighted by atomic mass is 19.2. The highest BCUT2D eigenvalue weighted by Gasteiger charge is 2.22. The molecule has 1 saturated carbocycles. The fourth-order valence-corrected chi connectivity index (χ4v) is 4.83. The second-order valence-electron chi connectivity index (χ2n) is 9.33. The van der Waals surface area contributed by atoms with E-state index in [2.05, 4.69) is 24.0 Å². The number of halogens is 2. The van der Waals surface area contributed by atoms with Crippen LogP contribution in [0.25, 0.3) is 11.3 Å². The lowest BCUT2D eigenvalue weighted by Gasteiger charge is -2.28. The predicted molar refractivity (Wildman–Crippen MR) is 124 cm³/mol. The number of nitrogens with zero attached hydrogens (tertiary/aromatic N) is 2. The molecule has 0 amide bonds. The molecule has 1 aromatic carbocycles. The van der Waals surface area contributed by atoms with Crippen LogP contribution in [0.2, 0.25) is 0 Å². The van der Waals surface area contributed by atoms with Gasteiger partial charge in [0.1, 0.15) is 0 Å². The zero-order valence-electron chi connectivity index (χ0n) is 19.3. The normalized spacial score (nSPS) is 19.0.